The second-order valence-corrected chi connectivity index (χ2v) is 11.7. The molecule has 6 nitrogen and oxygen atoms in total. The van der Waals surface area contributed by atoms with Crippen LogP contribution in [0.15, 0.2) is 168 Å². The Morgan fingerprint density at radius 1 is 0.327 bits per heavy atom. The van der Waals surface area contributed by atoms with Crippen LogP contribution in [0.25, 0.3) is 90.0 Å². The van der Waals surface area contributed by atoms with Crippen LogP contribution in [-0.4, -0.2) is 24.9 Å². The monoisotopic (exact) mass is 629 g/mol. The summed E-state index contributed by atoms with van der Waals surface area (Å²) >= 11 is 0. The molecule has 6 heteroatoms. The van der Waals surface area contributed by atoms with Crippen molar-refractivity contribution in [2.45, 2.75) is 0 Å². The standard InChI is InChI=1S/C43H27N5O/c1-5-14-28(15-6-1)35-27-36(29-16-7-2-8-17-29)45-43(44-35)34-22-13-23-37-39(34)33-25-24-32(26-38(33)49-37)42-47-40(30-18-9-3-10-19-30)46-41(48-42)31-20-11-4-12-21-31/h1-27H. The summed E-state index contributed by atoms with van der Waals surface area (Å²) in [5.74, 6) is 2.43. The van der Waals surface area contributed by atoms with Gasteiger partial charge in [0.2, 0.25) is 0 Å². The zero-order valence-electron chi connectivity index (χ0n) is 26.2. The Balaban J connectivity index is 1.20. The maximum atomic E-state index is 6.51. The molecular weight excluding hydrogens is 603 g/mol. The van der Waals surface area contributed by atoms with Gasteiger partial charge in [-0.25, -0.2) is 24.9 Å². The number of hydrogen-bond acceptors (Lipinski definition) is 6. The van der Waals surface area contributed by atoms with Crippen LogP contribution in [0, 0.1) is 0 Å². The molecule has 0 radical (unpaired) electrons. The molecule has 0 saturated carbocycles. The van der Waals surface area contributed by atoms with E-state index in [1.54, 1.807) is 0 Å². The van der Waals surface area contributed by atoms with Crippen molar-refractivity contribution in [3.05, 3.63) is 164 Å². The van der Waals surface area contributed by atoms with Crippen molar-refractivity contribution in [2.75, 3.05) is 0 Å². The van der Waals surface area contributed by atoms with Gasteiger partial charge in [-0.05, 0) is 24.3 Å². The fourth-order valence-corrected chi connectivity index (χ4v) is 6.17. The molecule has 0 N–H and O–H groups in total. The average molecular weight is 630 g/mol. The predicted molar refractivity (Wildman–Crippen MR) is 195 cm³/mol. The topological polar surface area (TPSA) is 77.6 Å². The van der Waals surface area contributed by atoms with Crippen LogP contribution in [0.5, 0.6) is 0 Å². The Morgan fingerprint density at radius 2 is 0.816 bits per heavy atom. The van der Waals surface area contributed by atoms with E-state index in [1.165, 1.54) is 0 Å². The van der Waals surface area contributed by atoms with Gasteiger partial charge in [-0.3, -0.25) is 0 Å². The van der Waals surface area contributed by atoms with Gasteiger partial charge in [0.15, 0.2) is 23.3 Å². The zero-order chi connectivity index (χ0) is 32.6. The summed E-state index contributed by atoms with van der Waals surface area (Å²) in [5, 5.41) is 1.92. The second kappa shape index (κ2) is 12.1. The number of nitrogens with zero attached hydrogens (tertiary/aromatic N) is 5. The largest absolute Gasteiger partial charge is 0.456 e. The third-order valence-electron chi connectivity index (χ3n) is 8.56. The molecule has 3 aromatic heterocycles. The van der Waals surface area contributed by atoms with E-state index in [1.807, 2.05) is 121 Å². The first-order valence-corrected chi connectivity index (χ1v) is 16.1. The second-order valence-electron chi connectivity index (χ2n) is 11.7. The number of aromatic nitrogens is 5. The van der Waals surface area contributed by atoms with Crippen LogP contribution < -0.4 is 0 Å². The molecule has 0 amide bonds. The molecule has 3 heterocycles. The van der Waals surface area contributed by atoms with Crippen LogP contribution in [-0.2, 0) is 0 Å². The lowest BCUT2D eigenvalue weighted by Crippen LogP contribution is -2.00. The van der Waals surface area contributed by atoms with Gasteiger partial charge in [0.1, 0.15) is 11.2 Å². The molecule has 230 valence electrons. The molecule has 0 saturated heterocycles. The van der Waals surface area contributed by atoms with Crippen molar-refractivity contribution in [1.82, 2.24) is 24.9 Å². The SMILES string of the molecule is c1ccc(-c2cc(-c3ccccc3)nc(-c3cccc4oc5cc(-c6nc(-c7ccccc7)nc(-c7ccccc7)n6)ccc5c34)n2)cc1. The number of benzene rings is 6. The quantitative estimate of drug-likeness (QED) is 0.182. The van der Waals surface area contributed by atoms with Crippen molar-refractivity contribution in [1.29, 1.82) is 0 Å². The number of hydrogen-bond donors (Lipinski definition) is 0. The molecule has 9 aromatic rings. The number of furan rings is 1. The highest BCUT2D eigenvalue weighted by atomic mass is 16.3. The summed E-state index contributed by atoms with van der Waals surface area (Å²) in [6, 6.07) is 54.6. The van der Waals surface area contributed by atoms with E-state index in [0.29, 0.717) is 23.3 Å². The van der Waals surface area contributed by atoms with Crippen molar-refractivity contribution < 1.29 is 4.42 Å². The summed E-state index contributed by atoms with van der Waals surface area (Å²) in [6.07, 6.45) is 0. The van der Waals surface area contributed by atoms with Gasteiger partial charge in [0.25, 0.3) is 0 Å². The van der Waals surface area contributed by atoms with Crippen LogP contribution in [0.4, 0.5) is 0 Å². The molecule has 0 fully saturated rings. The lowest BCUT2D eigenvalue weighted by atomic mass is 10.0. The lowest BCUT2D eigenvalue weighted by Gasteiger charge is -2.10. The Hall–Kier alpha value is -6.79. The fourth-order valence-electron chi connectivity index (χ4n) is 6.17. The van der Waals surface area contributed by atoms with E-state index >= 15 is 0 Å². The Labute approximate surface area is 282 Å². The first kappa shape index (κ1) is 28.4. The fraction of sp³-hybridized carbons (Fsp3) is 0. The average Bonchev–Trinajstić information content (AvgIpc) is 3.57. The lowest BCUT2D eigenvalue weighted by molar-refractivity contribution is 0.669. The Morgan fingerprint density at radius 3 is 1.35 bits per heavy atom. The molecule has 0 aliphatic carbocycles. The van der Waals surface area contributed by atoms with Crippen LogP contribution in [0.2, 0.25) is 0 Å². The maximum absolute atomic E-state index is 6.51. The summed E-state index contributed by atoms with van der Waals surface area (Å²) in [7, 11) is 0. The number of fused-ring (bicyclic) bond motifs is 3. The van der Waals surface area contributed by atoms with Crippen molar-refractivity contribution >= 4 is 21.9 Å². The Kier molecular flexibility index (Phi) is 7.02. The van der Waals surface area contributed by atoms with Crippen molar-refractivity contribution in [3.8, 4) is 68.1 Å². The first-order chi connectivity index (χ1) is 24.3. The highest BCUT2D eigenvalue weighted by Gasteiger charge is 2.19. The first-order valence-electron chi connectivity index (χ1n) is 16.1. The van der Waals surface area contributed by atoms with E-state index in [9.17, 15) is 0 Å². The smallest absolute Gasteiger partial charge is 0.164 e. The molecule has 49 heavy (non-hydrogen) atoms. The molecule has 0 atom stereocenters. The van der Waals surface area contributed by atoms with E-state index < -0.39 is 0 Å². The van der Waals surface area contributed by atoms with Crippen LogP contribution in [0.1, 0.15) is 0 Å². The van der Waals surface area contributed by atoms with Crippen LogP contribution in [0.3, 0.4) is 0 Å². The van der Waals surface area contributed by atoms with Crippen molar-refractivity contribution in [3.63, 3.8) is 0 Å². The number of rotatable bonds is 6. The Bertz CT molecular complexity index is 2470. The van der Waals surface area contributed by atoms with Gasteiger partial charge in [0, 0.05) is 44.2 Å². The minimum Gasteiger partial charge on any atom is -0.456 e. The molecule has 6 aromatic carbocycles. The third kappa shape index (κ3) is 5.41. The molecule has 0 aliphatic heterocycles. The highest BCUT2D eigenvalue weighted by molar-refractivity contribution is 6.12. The predicted octanol–water partition coefficient (Wildman–Crippen LogP) is 10.6. The third-order valence-corrected chi connectivity index (χ3v) is 8.56. The van der Waals surface area contributed by atoms with Gasteiger partial charge in [-0.2, -0.15) is 0 Å². The van der Waals surface area contributed by atoms with E-state index in [0.717, 1.165) is 66.7 Å². The molecular formula is C43H27N5O. The normalized spacial score (nSPS) is 11.3. The van der Waals surface area contributed by atoms with Gasteiger partial charge >= 0.3 is 0 Å². The minimum atomic E-state index is 0.571. The highest BCUT2D eigenvalue weighted by Crippen LogP contribution is 2.38. The van der Waals surface area contributed by atoms with E-state index in [-0.39, 0.29) is 0 Å². The summed E-state index contributed by atoms with van der Waals surface area (Å²) in [6.45, 7) is 0. The van der Waals surface area contributed by atoms with E-state index in [4.69, 9.17) is 29.3 Å². The molecule has 0 spiro atoms. The maximum Gasteiger partial charge on any atom is 0.164 e. The summed E-state index contributed by atoms with van der Waals surface area (Å²) in [4.78, 5) is 24.9. The van der Waals surface area contributed by atoms with E-state index in [2.05, 4.69) is 42.5 Å². The minimum absolute atomic E-state index is 0.571. The van der Waals surface area contributed by atoms with Gasteiger partial charge in [-0.15, -0.1) is 0 Å². The van der Waals surface area contributed by atoms with Gasteiger partial charge in [0.05, 0.1) is 11.4 Å². The van der Waals surface area contributed by atoms with Crippen LogP contribution >= 0.6 is 0 Å². The zero-order valence-corrected chi connectivity index (χ0v) is 26.2. The van der Waals surface area contributed by atoms with Crippen molar-refractivity contribution in [2.24, 2.45) is 0 Å². The molecule has 0 aliphatic rings. The molecule has 0 unspecified atom stereocenters. The summed E-state index contributed by atoms with van der Waals surface area (Å²) in [5.41, 5.74) is 8.82. The summed E-state index contributed by atoms with van der Waals surface area (Å²) < 4.78 is 6.51. The van der Waals surface area contributed by atoms with Gasteiger partial charge < -0.3 is 4.42 Å². The molecule has 9 rings (SSSR count). The van der Waals surface area contributed by atoms with Gasteiger partial charge in [-0.1, -0.05) is 140 Å². The molecule has 0 bridgehead atoms.